The summed E-state index contributed by atoms with van der Waals surface area (Å²) >= 11 is 0. The zero-order valence-corrected chi connectivity index (χ0v) is 12.8. The molecule has 0 amide bonds. The van der Waals surface area contributed by atoms with E-state index in [9.17, 15) is 0 Å². The molecule has 4 heteroatoms. The summed E-state index contributed by atoms with van der Waals surface area (Å²) in [5.74, 6) is 1.01. The molecule has 1 aliphatic rings. The van der Waals surface area contributed by atoms with Crippen LogP contribution in [0.15, 0.2) is 6.20 Å². The molecule has 0 bridgehead atoms. The van der Waals surface area contributed by atoms with Crippen LogP contribution in [0.3, 0.4) is 0 Å². The van der Waals surface area contributed by atoms with Gasteiger partial charge in [-0.3, -0.25) is 0 Å². The van der Waals surface area contributed by atoms with E-state index in [-0.39, 0.29) is 0 Å². The van der Waals surface area contributed by atoms with Crippen molar-refractivity contribution in [2.75, 3.05) is 18.9 Å². The second-order valence-electron chi connectivity index (χ2n) is 6.12. The first-order valence-electron chi connectivity index (χ1n) is 7.57. The number of imidazole rings is 1. The van der Waals surface area contributed by atoms with Crippen LogP contribution in [-0.4, -0.2) is 40.1 Å². The van der Waals surface area contributed by atoms with E-state index in [0.717, 1.165) is 30.8 Å². The summed E-state index contributed by atoms with van der Waals surface area (Å²) in [7, 11) is 2.26. The fraction of sp³-hybridized carbons (Fsp3) is 0.800. The van der Waals surface area contributed by atoms with Crippen LogP contribution in [-0.2, 0) is 6.54 Å². The monoisotopic (exact) mass is 264 g/mol. The van der Waals surface area contributed by atoms with Gasteiger partial charge >= 0.3 is 0 Å². The van der Waals surface area contributed by atoms with E-state index >= 15 is 0 Å². The third-order valence-corrected chi connectivity index (χ3v) is 3.96. The van der Waals surface area contributed by atoms with Gasteiger partial charge in [0.25, 0.3) is 0 Å². The van der Waals surface area contributed by atoms with E-state index in [4.69, 9.17) is 0 Å². The van der Waals surface area contributed by atoms with E-state index in [1.807, 2.05) is 0 Å². The minimum atomic E-state index is 0.424. The number of anilines is 1. The van der Waals surface area contributed by atoms with Crippen LogP contribution in [0.4, 0.5) is 5.95 Å². The number of nitrogens with zero attached hydrogens (tertiary/aromatic N) is 3. The summed E-state index contributed by atoms with van der Waals surface area (Å²) in [6.07, 6.45) is 7.69. The Hall–Kier alpha value is -1.03. The highest BCUT2D eigenvalue weighted by molar-refractivity contribution is 5.29. The highest BCUT2D eigenvalue weighted by atomic mass is 15.2. The number of aromatic nitrogens is 2. The molecule has 1 aromatic heterocycles. The minimum absolute atomic E-state index is 0.424. The van der Waals surface area contributed by atoms with Gasteiger partial charge in [-0.25, -0.2) is 4.98 Å². The number of rotatable bonds is 6. The lowest BCUT2D eigenvalue weighted by Gasteiger charge is -2.24. The van der Waals surface area contributed by atoms with Gasteiger partial charge in [0.1, 0.15) is 0 Å². The largest absolute Gasteiger partial charge is 0.353 e. The van der Waals surface area contributed by atoms with Crippen molar-refractivity contribution in [3.05, 3.63) is 11.9 Å². The number of aryl methyl sites for hydroxylation is 1. The predicted octanol–water partition coefficient (Wildman–Crippen LogP) is 2.89. The van der Waals surface area contributed by atoms with Gasteiger partial charge in [0.2, 0.25) is 5.95 Å². The average molecular weight is 264 g/mol. The minimum Gasteiger partial charge on any atom is -0.353 e. The molecule has 0 unspecified atom stereocenters. The zero-order valence-electron chi connectivity index (χ0n) is 12.8. The maximum atomic E-state index is 4.56. The van der Waals surface area contributed by atoms with Crippen LogP contribution in [0.5, 0.6) is 0 Å². The summed E-state index contributed by atoms with van der Waals surface area (Å²) < 4.78 is 2.25. The smallest absolute Gasteiger partial charge is 0.203 e. The Balaban J connectivity index is 1.90. The molecule has 4 nitrogen and oxygen atoms in total. The van der Waals surface area contributed by atoms with Crippen LogP contribution in [0.1, 0.15) is 45.2 Å². The van der Waals surface area contributed by atoms with Crippen molar-refractivity contribution in [3.8, 4) is 0 Å². The highest BCUT2D eigenvalue weighted by Gasteiger charge is 2.19. The van der Waals surface area contributed by atoms with Crippen molar-refractivity contribution in [2.45, 2.75) is 65.1 Å². The van der Waals surface area contributed by atoms with Crippen molar-refractivity contribution in [1.82, 2.24) is 14.5 Å². The van der Waals surface area contributed by atoms with Gasteiger partial charge in [0.15, 0.2) is 0 Å². The number of hydrogen-bond donors (Lipinski definition) is 1. The topological polar surface area (TPSA) is 33.1 Å². The van der Waals surface area contributed by atoms with Gasteiger partial charge in [0, 0.05) is 31.4 Å². The lowest BCUT2D eigenvalue weighted by molar-refractivity contribution is 0.237. The maximum Gasteiger partial charge on any atom is 0.203 e. The molecule has 0 aromatic carbocycles. The molecule has 0 atom stereocenters. The molecule has 108 valence electrons. The Morgan fingerprint density at radius 2 is 2.11 bits per heavy atom. The number of hydrogen-bond acceptors (Lipinski definition) is 3. The van der Waals surface area contributed by atoms with Gasteiger partial charge < -0.3 is 14.8 Å². The van der Waals surface area contributed by atoms with Crippen LogP contribution < -0.4 is 5.32 Å². The third-order valence-electron chi connectivity index (χ3n) is 3.96. The van der Waals surface area contributed by atoms with Crippen molar-refractivity contribution < 1.29 is 0 Å². The first kappa shape index (κ1) is 14.4. The van der Waals surface area contributed by atoms with Crippen LogP contribution in [0.25, 0.3) is 0 Å². The highest BCUT2D eigenvalue weighted by Crippen LogP contribution is 2.22. The van der Waals surface area contributed by atoms with Gasteiger partial charge in [-0.2, -0.15) is 0 Å². The first-order valence-corrected chi connectivity index (χ1v) is 7.57. The normalized spacial score (nSPS) is 16.7. The molecule has 0 spiro atoms. The molecule has 2 rings (SSSR count). The fourth-order valence-electron chi connectivity index (χ4n) is 2.88. The molecule has 1 saturated carbocycles. The second kappa shape index (κ2) is 6.42. The molecule has 1 aliphatic carbocycles. The van der Waals surface area contributed by atoms with Gasteiger partial charge in [0.05, 0.1) is 5.69 Å². The molecule has 0 radical (unpaired) electrons. The van der Waals surface area contributed by atoms with E-state index in [1.54, 1.807) is 0 Å². The molecule has 1 N–H and O–H groups in total. The Kier molecular flexibility index (Phi) is 4.86. The van der Waals surface area contributed by atoms with Gasteiger partial charge in [-0.1, -0.05) is 12.8 Å². The third kappa shape index (κ3) is 3.96. The van der Waals surface area contributed by atoms with E-state index < -0.39 is 0 Å². The zero-order chi connectivity index (χ0) is 13.8. The SMILES string of the molecule is Cc1cn(CCN(C)C2CCCC2)c(NC(C)C)n1. The standard InChI is InChI=1S/C15H28N4/c1-12(2)16-15-17-13(3)11-19(15)10-9-18(4)14-7-5-6-8-14/h11-12,14H,5-10H2,1-4H3,(H,16,17). The Morgan fingerprint density at radius 3 is 2.74 bits per heavy atom. The first-order chi connectivity index (χ1) is 9.06. The quantitative estimate of drug-likeness (QED) is 0.857. The number of nitrogens with one attached hydrogen (secondary N) is 1. The van der Waals surface area contributed by atoms with E-state index in [2.05, 4.69) is 53.8 Å². The average Bonchev–Trinajstić information content (AvgIpc) is 2.95. The second-order valence-corrected chi connectivity index (χ2v) is 6.12. The molecule has 1 aromatic rings. The van der Waals surface area contributed by atoms with Crippen LogP contribution >= 0.6 is 0 Å². The van der Waals surface area contributed by atoms with Gasteiger partial charge in [-0.15, -0.1) is 0 Å². The lowest BCUT2D eigenvalue weighted by Crippen LogP contribution is -2.32. The lowest BCUT2D eigenvalue weighted by atomic mass is 10.2. The number of likely N-dealkylation sites (N-methyl/N-ethyl adjacent to an activating group) is 1. The fourth-order valence-corrected chi connectivity index (χ4v) is 2.88. The molecule has 1 fully saturated rings. The van der Waals surface area contributed by atoms with Crippen molar-refractivity contribution in [3.63, 3.8) is 0 Å². The molecule has 19 heavy (non-hydrogen) atoms. The summed E-state index contributed by atoms with van der Waals surface area (Å²) in [4.78, 5) is 7.07. The Bertz CT molecular complexity index is 391. The van der Waals surface area contributed by atoms with Crippen molar-refractivity contribution in [1.29, 1.82) is 0 Å². The van der Waals surface area contributed by atoms with E-state index in [1.165, 1.54) is 25.7 Å². The summed E-state index contributed by atoms with van der Waals surface area (Å²) in [5, 5.41) is 3.42. The van der Waals surface area contributed by atoms with E-state index in [0.29, 0.717) is 6.04 Å². The van der Waals surface area contributed by atoms with Crippen molar-refractivity contribution in [2.24, 2.45) is 0 Å². The van der Waals surface area contributed by atoms with Gasteiger partial charge in [-0.05, 0) is 40.7 Å². The van der Waals surface area contributed by atoms with Crippen LogP contribution in [0, 0.1) is 6.92 Å². The predicted molar refractivity (Wildman–Crippen MR) is 80.6 cm³/mol. The Labute approximate surface area is 117 Å². The molecule has 0 saturated heterocycles. The Morgan fingerprint density at radius 1 is 1.42 bits per heavy atom. The molecule has 0 aliphatic heterocycles. The molecule has 1 heterocycles. The van der Waals surface area contributed by atoms with Crippen molar-refractivity contribution >= 4 is 5.95 Å². The molecular weight excluding hydrogens is 236 g/mol. The summed E-state index contributed by atoms with van der Waals surface area (Å²) in [6.45, 7) is 8.48. The summed E-state index contributed by atoms with van der Waals surface area (Å²) in [6, 6.07) is 1.22. The maximum absolute atomic E-state index is 4.56. The molecular formula is C15H28N4. The summed E-state index contributed by atoms with van der Waals surface area (Å²) in [5.41, 5.74) is 1.09. The van der Waals surface area contributed by atoms with Crippen LogP contribution in [0.2, 0.25) is 0 Å².